The Morgan fingerprint density at radius 1 is 1.15 bits per heavy atom. The number of esters is 1. The summed E-state index contributed by atoms with van der Waals surface area (Å²) in [6, 6.07) is 15.2. The van der Waals surface area contributed by atoms with E-state index < -0.39 is 23.2 Å². The van der Waals surface area contributed by atoms with E-state index in [2.05, 4.69) is 32.6 Å². The number of hydrogen-bond acceptors (Lipinski definition) is 5. The molecule has 2 heterocycles. The molecule has 8 heteroatoms. The van der Waals surface area contributed by atoms with Crippen molar-refractivity contribution in [3.63, 3.8) is 0 Å². The summed E-state index contributed by atoms with van der Waals surface area (Å²) < 4.78 is 8.22. The predicted octanol–water partition coefficient (Wildman–Crippen LogP) is 5.75. The second-order valence-electron chi connectivity index (χ2n) is 7.71. The molecule has 3 aromatic rings. The molecule has 0 radical (unpaired) electrons. The summed E-state index contributed by atoms with van der Waals surface area (Å²) in [7, 11) is 0. The van der Waals surface area contributed by atoms with E-state index >= 15 is 0 Å². The monoisotopic (exact) mass is 526 g/mol. The molecule has 0 saturated carbocycles. The molecule has 2 aromatic carbocycles. The molecule has 0 unspecified atom stereocenters. The quantitative estimate of drug-likeness (QED) is 0.302. The van der Waals surface area contributed by atoms with Crippen molar-refractivity contribution >= 4 is 61.8 Å². The summed E-state index contributed by atoms with van der Waals surface area (Å²) in [5.74, 6) is -1.07. The average molecular weight is 527 g/mol. The first-order chi connectivity index (χ1) is 15.8. The van der Waals surface area contributed by atoms with Crippen molar-refractivity contribution in [2.45, 2.75) is 33.4 Å². The maximum absolute atomic E-state index is 13.0. The lowest BCUT2D eigenvalue weighted by Crippen LogP contribution is -2.42. The van der Waals surface area contributed by atoms with Crippen LogP contribution in [-0.4, -0.2) is 39.2 Å². The molecular weight excluding hydrogens is 504 g/mol. The van der Waals surface area contributed by atoms with Gasteiger partial charge in [0.15, 0.2) is 0 Å². The Morgan fingerprint density at radius 3 is 2.55 bits per heavy atom. The van der Waals surface area contributed by atoms with E-state index in [9.17, 15) is 14.4 Å². The molecule has 1 saturated heterocycles. The number of hydrogen-bond donors (Lipinski definition) is 0. The van der Waals surface area contributed by atoms with Crippen LogP contribution in [0.4, 0.5) is 4.79 Å². The molecule has 1 atom stereocenters. The highest BCUT2D eigenvalue weighted by molar-refractivity contribution is 9.10. The van der Waals surface area contributed by atoms with Gasteiger partial charge < -0.3 is 9.30 Å². The maximum Gasteiger partial charge on any atom is 0.329 e. The number of nitrogens with zero attached hydrogens (tertiary/aromatic N) is 2. The molecule has 33 heavy (non-hydrogen) atoms. The van der Waals surface area contributed by atoms with Gasteiger partial charge in [0.25, 0.3) is 11.1 Å². The van der Waals surface area contributed by atoms with E-state index in [1.165, 1.54) is 6.92 Å². The minimum Gasteiger partial charge on any atom is -0.464 e. The minimum atomic E-state index is -0.969. The third kappa shape index (κ3) is 4.50. The van der Waals surface area contributed by atoms with Gasteiger partial charge in [-0.1, -0.05) is 46.3 Å². The summed E-state index contributed by atoms with van der Waals surface area (Å²) in [5.41, 5.74) is 4.07. The van der Waals surface area contributed by atoms with Crippen LogP contribution >= 0.6 is 27.7 Å². The number of ether oxygens (including phenoxy) is 1. The molecule has 0 aliphatic carbocycles. The van der Waals surface area contributed by atoms with Crippen LogP contribution in [-0.2, 0) is 20.9 Å². The Kier molecular flexibility index (Phi) is 6.76. The molecule has 0 N–H and O–H groups in total. The summed E-state index contributed by atoms with van der Waals surface area (Å²) in [6.45, 7) is 6.06. The van der Waals surface area contributed by atoms with Gasteiger partial charge in [-0.2, -0.15) is 0 Å². The van der Waals surface area contributed by atoms with Crippen LogP contribution in [0, 0.1) is 6.92 Å². The summed E-state index contributed by atoms with van der Waals surface area (Å²) in [4.78, 5) is 39.0. The van der Waals surface area contributed by atoms with Gasteiger partial charge in [0.1, 0.15) is 6.04 Å². The summed E-state index contributed by atoms with van der Waals surface area (Å²) in [5, 5.41) is 0.528. The van der Waals surface area contributed by atoms with Gasteiger partial charge in [-0.3, -0.25) is 14.5 Å². The number of fused-ring (bicyclic) bond motifs is 1. The zero-order valence-corrected chi connectivity index (χ0v) is 20.9. The van der Waals surface area contributed by atoms with Crippen LogP contribution in [0.1, 0.15) is 30.7 Å². The van der Waals surface area contributed by atoms with Crippen LogP contribution in [0.25, 0.3) is 17.0 Å². The van der Waals surface area contributed by atoms with Gasteiger partial charge in [0, 0.05) is 33.2 Å². The third-order valence-corrected chi connectivity index (χ3v) is 7.06. The SMILES string of the molecule is CCOC(=O)[C@@H](C)N1C(=O)S/C(=C/c2c(C)n(Cc3ccc(Br)cc3)c3ccccc23)C1=O. The second-order valence-corrected chi connectivity index (χ2v) is 9.62. The van der Waals surface area contributed by atoms with Crippen molar-refractivity contribution in [3.05, 3.63) is 74.7 Å². The van der Waals surface area contributed by atoms with Crippen molar-refractivity contribution in [1.82, 2.24) is 9.47 Å². The fourth-order valence-electron chi connectivity index (χ4n) is 3.93. The first kappa shape index (κ1) is 23.3. The number of aromatic nitrogens is 1. The highest BCUT2D eigenvalue weighted by atomic mass is 79.9. The Labute approximate surface area is 204 Å². The number of carbonyl (C=O) groups excluding carboxylic acids is 3. The third-order valence-electron chi connectivity index (χ3n) is 5.65. The maximum atomic E-state index is 13.0. The van der Waals surface area contributed by atoms with Crippen LogP contribution in [0.5, 0.6) is 0 Å². The molecule has 2 amide bonds. The highest BCUT2D eigenvalue weighted by Crippen LogP contribution is 2.37. The lowest BCUT2D eigenvalue weighted by atomic mass is 10.1. The first-order valence-electron chi connectivity index (χ1n) is 10.6. The minimum absolute atomic E-state index is 0.187. The van der Waals surface area contributed by atoms with Gasteiger partial charge in [-0.05, 0) is 62.4 Å². The molecular formula is C25H23BrN2O4S. The van der Waals surface area contributed by atoms with Crippen molar-refractivity contribution in [2.24, 2.45) is 0 Å². The van der Waals surface area contributed by atoms with E-state index in [0.29, 0.717) is 11.4 Å². The van der Waals surface area contributed by atoms with Crippen LogP contribution < -0.4 is 0 Å². The lowest BCUT2D eigenvalue weighted by molar-refractivity contribution is -0.150. The molecule has 170 valence electrons. The fourth-order valence-corrected chi connectivity index (χ4v) is 5.08. The van der Waals surface area contributed by atoms with Crippen molar-refractivity contribution in [3.8, 4) is 0 Å². The van der Waals surface area contributed by atoms with Crippen LogP contribution in [0.15, 0.2) is 57.9 Å². The van der Waals surface area contributed by atoms with Crippen molar-refractivity contribution < 1.29 is 19.1 Å². The normalized spacial score (nSPS) is 16.1. The number of imide groups is 1. The Balaban J connectivity index is 1.72. The standard InChI is InChI=1S/C25H23BrN2O4S/c1-4-32-24(30)16(3)28-23(29)22(33-25(28)31)13-20-15(2)27(21-8-6-5-7-19(20)21)14-17-9-11-18(26)12-10-17/h5-13,16H,4,14H2,1-3H3/b22-13+/t16-/m1/s1. The largest absolute Gasteiger partial charge is 0.464 e. The molecule has 1 aliphatic heterocycles. The number of halogens is 1. The number of benzene rings is 2. The molecule has 1 aromatic heterocycles. The van der Waals surface area contributed by atoms with Gasteiger partial charge in [0.05, 0.1) is 11.5 Å². The molecule has 4 rings (SSSR count). The Bertz CT molecular complexity index is 1280. The summed E-state index contributed by atoms with van der Waals surface area (Å²) in [6.07, 6.45) is 1.76. The van der Waals surface area contributed by atoms with Gasteiger partial charge >= 0.3 is 5.97 Å². The van der Waals surface area contributed by atoms with Crippen LogP contribution in [0.3, 0.4) is 0 Å². The Morgan fingerprint density at radius 2 is 1.85 bits per heavy atom. The topological polar surface area (TPSA) is 68.6 Å². The molecule has 0 spiro atoms. The van der Waals surface area contributed by atoms with Gasteiger partial charge in [-0.15, -0.1) is 0 Å². The zero-order valence-electron chi connectivity index (χ0n) is 18.5. The van der Waals surface area contributed by atoms with Crippen molar-refractivity contribution in [2.75, 3.05) is 6.61 Å². The van der Waals surface area contributed by atoms with Gasteiger partial charge in [0.2, 0.25) is 0 Å². The number of carbonyl (C=O) groups is 3. The van der Waals surface area contributed by atoms with Gasteiger partial charge in [-0.25, -0.2) is 4.79 Å². The number of rotatable bonds is 6. The van der Waals surface area contributed by atoms with E-state index in [1.807, 2.05) is 43.3 Å². The van der Waals surface area contributed by atoms with Crippen LogP contribution in [0.2, 0.25) is 0 Å². The predicted molar refractivity (Wildman–Crippen MR) is 134 cm³/mol. The molecule has 6 nitrogen and oxygen atoms in total. The highest BCUT2D eigenvalue weighted by Gasteiger charge is 2.41. The Hall–Kier alpha value is -2.84. The first-order valence-corrected chi connectivity index (χ1v) is 12.2. The summed E-state index contributed by atoms with van der Waals surface area (Å²) >= 11 is 4.32. The van der Waals surface area contributed by atoms with Crippen molar-refractivity contribution in [1.29, 1.82) is 0 Å². The number of para-hydroxylation sites is 1. The zero-order chi connectivity index (χ0) is 23.7. The van der Waals surface area contributed by atoms with E-state index in [-0.39, 0.29) is 6.61 Å². The van der Waals surface area contributed by atoms with E-state index in [4.69, 9.17) is 4.74 Å². The number of thioether (sulfide) groups is 1. The van der Waals surface area contributed by atoms with E-state index in [0.717, 1.165) is 48.9 Å². The van der Waals surface area contributed by atoms with E-state index in [1.54, 1.807) is 13.0 Å². The number of amides is 2. The average Bonchev–Trinajstić information content (AvgIpc) is 3.22. The fraction of sp³-hybridized carbons (Fsp3) is 0.240. The molecule has 0 bridgehead atoms. The molecule has 1 fully saturated rings. The second kappa shape index (κ2) is 9.57. The lowest BCUT2D eigenvalue weighted by Gasteiger charge is -2.19. The smallest absolute Gasteiger partial charge is 0.329 e. The molecule has 1 aliphatic rings.